The van der Waals surface area contributed by atoms with Gasteiger partial charge in [-0.2, -0.15) is 0 Å². The third kappa shape index (κ3) is 4.03. The maximum Gasteiger partial charge on any atom is 0.208 e. The van der Waals surface area contributed by atoms with Gasteiger partial charge in [-0.15, -0.1) is 0 Å². The predicted molar refractivity (Wildman–Crippen MR) is 78.8 cm³/mol. The Morgan fingerprint density at radius 1 is 1.25 bits per heavy atom. The largest absolute Gasteiger partial charge is 0.213 e. The Labute approximate surface area is 120 Å². The Morgan fingerprint density at radius 2 is 1.90 bits per heavy atom. The summed E-state index contributed by atoms with van der Waals surface area (Å²) in [5.74, 6) is 0.0855. The second-order valence-corrected chi connectivity index (χ2v) is 7.43. The Bertz CT molecular complexity index is 563. The van der Waals surface area contributed by atoms with Crippen molar-refractivity contribution in [2.45, 2.75) is 51.0 Å². The van der Waals surface area contributed by atoms with E-state index in [2.05, 4.69) is 4.72 Å². The molecule has 112 valence electrons. The molecule has 0 radical (unpaired) electrons. The lowest BCUT2D eigenvalue weighted by Crippen LogP contribution is -2.36. The van der Waals surface area contributed by atoms with Gasteiger partial charge in [-0.1, -0.05) is 19.1 Å². The first kappa shape index (κ1) is 15.4. The molecule has 0 bridgehead atoms. The fraction of sp³-hybridized carbons (Fsp3) is 0.600. The molecule has 1 aliphatic rings. The van der Waals surface area contributed by atoms with Crippen molar-refractivity contribution in [3.8, 4) is 0 Å². The smallest absolute Gasteiger partial charge is 0.208 e. The van der Waals surface area contributed by atoms with Crippen LogP contribution in [0.5, 0.6) is 0 Å². The van der Waals surface area contributed by atoms with Crippen LogP contribution in [0.3, 0.4) is 0 Å². The first-order valence-corrected chi connectivity index (χ1v) is 9.04. The molecule has 0 amide bonds. The highest BCUT2D eigenvalue weighted by atomic mass is 32.2. The summed E-state index contributed by atoms with van der Waals surface area (Å²) in [6.45, 7) is 2.01. The minimum atomic E-state index is -3.15. The molecule has 5 heteroatoms. The van der Waals surface area contributed by atoms with Gasteiger partial charge in [0.2, 0.25) is 10.0 Å². The molecule has 1 N–H and O–H groups in total. The van der Waals surface area contributed by atoms with E-state index < -0.39 is 10.0 Å². The average Bonchev–Trinajstić information content (AvgIpc) is 2.38. The first-order chi connectivity index (χ1) is 9.39. The molecule has 0 spiro atoms. The maximum absolute atomic E-state index is 14.1. The van der Waals surface area contributed by atoms with Crippen molar-refractivity contribution in [2.75, 3.05) is 6.26 Å². The summed E-state index contributed by atoms with van der Waals surface area (Å²) in [6.07, 6.45) is 5.22. The summed E-state index contributed by atoms with van der Waals surface area (Å²) in [4.78, 5) is 0. The van der Waals surface area contributed by atoms with E-state index >= 15 is 0 Å². The van der Waals surface area contributed by atoms with Crippen molar-refractivity contribution < 1.29 is 12.8 Å². The van der Waals surface area contributed by atoms with Crippen molar-refractivity contribution in [2.24, 2.45) is 0 Å². The van der Waals surface area contributed by atoms with Gasteiger partial charge in [0.25, 0.3) is 0 Å². The lowest BCUT2D eigenvalue weighted by molar-refractivity contribution is 0.367. The van der Waals surface area contributed by atoms with Gasteiger partial charge in [-0.25, -0.2) is 17.5 Å². The van der Waals surface area contributed by atoms with Crippen LogP contribution >= 0.6 is 0 Å². The van der Waals surface area contributed by atoms with E-state index in [1.54, 1.807) is 6.07 Å². The quantitative estimate of drug-likeness (QED) is 0.929. The number of aryl methyl sites for hydroxylation is 1. The molecule has 1 aromatic rings. The van der Waals surface area contributed by atoms with Gasteiger partial charge in [0.05, 0.1) is 6.26 Å². The van der Waals surface area contributed by atoms with Crippen LogP contribution in [0.2, 0.25) is 0 Å². The van der Waals surface area contributed by atoms with Crippen molar-refractivity contribution >= 4 is 10.0 Å². The summed E-state index contributed by atoms with van der Waals surface area (Å²) >= 11 is 0. The van der Waals surface area contributed by atoms with E-state index in [0.717, 1.165) is 43.2 Å². The van der Waals surface area contributed by atoms with E-state index in [1.807, 2.05) is 19.1 Å². The molecule has 1 fully saturated rings. The van der Waals surface area contributed by atoms with E-state index in [-0.39, 0.29) is 17.8 Å². The zero-order valence-corrected chi connectivity index (χ0v) is 12.8. The number of halogens is 1. The van der Waals surface area contributed by atoms with Crippen molar-refractivity contribution in [3.63, 3.8) is 0 Å². The second kappa shape index (κ2) is 6.22. The molecule has 0 aliphatic heterocycles. The van der Waals surface area contributed by atoms with E-state index in [9.17, 15) is 12.8 Å². The third-order valence-electron chi connectivity index (χ3n) is 4.02. The highest BCUT2D eigenvalue weighted by molar-refractivity contribution is 7.88. The van der Waals surface area contributed by atoms with Gasteiger partial charge < -0.3 is 0 Å². The first-order valence-electron chi connectivity index (χ1n) is 7.14. The van der Waals surface area contributed by atoms with Gasteiger partial charge in [0.1, 0.15) is 5.82 Å². The van der Waals surface area contributed by atoms with Gasteiger partial charge >= 0.3 is 0 Å². The van der Waals surface area contributed by atoms with Crippen LogP contribution in [0.1, 0.15) is 49.7 Å². The number of benzene rings is 1. The lowest BCUT2D eigenvalue weighted by atomic mass is 9.81. The van der Waals surface area contributed by atoms with Crippen LogP contribution in [0.25, 0.3) is 0 Å². The normalized spacial score (nSPS) is 23.8. The lowest BCUT2D eigenvalue weighted by Gasteiger charge is -2.29. The number of rotatable bonds is 4. The van der Waals surface area contributed by atoms with Crippen molar-refractivity contribution in [1.29, 1.82) is 0 Å². The van der Waals surface area contributed by atoms with Crippen LogP contribution in [0.15, 0.2) is 18.2 Å². The maximum atomic E-state index is 14.1. The van der Waals surface area contributed by atoms with Gasteiger partial charge in [0, 0.05) is 6.04 Å². The molecule has 1 saturated carbocycles. The van der Waals surface area contributed by atoms with Crippen LogP contribution < -0.4 is 4.72 Å². The van der Waals surface area contributed by atoms with Crippen LogP contribution in [0, 0.1) is 5.82 Å². The second-order valence-electron chi connectivity index (χ2n) is 5.65. The SMILES string of the molecule is CCc1ccc(C2CCC(NS(C)(=O)=O)CC2)c(F)c1. The fourth-order valence-corrected chi connectivity index (χ4v) is 3.79. The summed E-state index contributed by atoms with van der Waals surface area (Å²) in [5, 5.41) is 0. The Hall–Kier alpha value is -0.940. The molecule has 0 atom stereocenters. The minimum Gasteiger partial charge on any atom is -0.213 e. The molecule has 1 aliphatic carbocycles. The number of sulfonamides is 1. The number of hydrogen-bond acceptors (Lipinski definition) is 2. The molecule has 0 heterocycles. The van der Waals surface area contributed by atoms with E-state index in [4.69, 9.17) is 0 Å². The molecule has 3 nitrogen and oxygen atoms in total. The predicted octanol–water partition coefficient (Wildman–Crippen LogP) is 2.96. The molecule has 2 rings (SSSR count). The van der Waals surface area contributed by atoms with Crippen molar-refractivity contribution in [3.05, 3.63) is 35.1 Å². The highest BCUT2D eigenvalue weighted by Gasteiger charge is 2.25. The van der Waals surface area contributed by atoms with Gasteiger partial charge in [-0.05, 0) is 55.2 Å². The molecule has 20 heavy (non-hydrogen) atoms. The van der Waals surface area contributed by atoms with E-state index in [1.165, 1.54) is 6.26 Å². The van der Waals surface area contributed by atoms with E-state index in [0.29, 0.717) is 0 Å². The number of hydrogen-bond donors (Lipinski definition) is 1. The highest BCUT2D eigenvalue weighted by Crippen LogP contribution is 2.34. The standard InChI is InChI=1S/C15H22FNO2S/c1-3-11-4-9-14(15(16)10-11)12-5-7-13(8-6-12)17-20(2,18)19/h4,9-10,12-13,17H,3,5-8H2,1-2H3. The fourth-order valence-electron chi connectivity index (χ4n) is 2.95. The zero-order chi connectivity index (χ0) is 14.8. The Kier molecular flexibility index (Phi) is 4.81. The van der Waals surface area contributed by atoms with Gasteiger partial charge in [0.15, 0.2) is 0 Å². The van der Waals surface area contributed by atoms with Crippen LogP contribution in [-0.2, 0) is 16.4 Å². The molecular formula is C15H22FNO2S. The minimum absolute atomic E-state index is 0.000716. The number of nitrogens with one attached hydrogen (secondary N) is 1. The summed E-state index contributed by atoms with van der Waals surface area (Å²) < 4.78 is 39.1. The Balaban J connectivity index is 2.00. The molecule has 0 unspecified atom stereocenters. The summed E-state index contributed by atoms with van der Waals surface area (Å²) in [7, 11) is -3.15. The monoisotopic (exact) mass is 299 g/mol. The molecule has 1 aromatic carbocycles. The molecule has 0 aromatic heterocycles. The zero-order valence-electron chi connectivity index (χ0n) is 12.0. The van der Waals surface area contributed by atoms with Gasteiger partial charge in [-0.3, -0.25) is 0 Å². The topological polar surface area (TPSA) is 46.2 Å². The van der Waals surface area contributed by atoms with Crippen LogP contribution in [-0.4, -0.2) is 20.7 Å². The summed E-state index contributed by atoms with van der Waals surface area (Å²) in [5.41, 5.74) is 1.79. The average molecular weight is 299 g/mol. The molecule has 0 saturated heterocycles. The third-order valence-corrected chi connectivity index (χ3v) is 4.78. The molecular weight excluding hydrogens is 277 g/mol. The van der Waals surface area contributed by atoms with Crippen LogP contribution in [0.4, 0.5) is 4.39 Å². The van der Waals surface area contributed by atoms with Crippen molar-refractivity contribution in [1.82, 2.24) is 4.72 Å². The summed E-state index contributed by atoms with van der Waals surface area (Å²) in [6, 6.07) is 5.50. The Morgan fingerprint density at radius 3 is 2.40 bits per heavy atom.